The molecule has 170 valence electrons. The second-order valence-electron chi connectivity index (χ2n) is 8.59. The smallest absolute Gasteiger partial charge is 0.229 e. The van der Waals surface area contributed by atoms with Gasteiger partial charge in [0.1, 0.15) is 5.65 Å². The van der Waals surface area contributed by atoms with Gasteiger partial charge in [-0.15, -0.1) is 0 Å². The predicted octanol–water partition coefficient (Wildman–Crippen LogP) is 5.20. The maximum absolute atomic E-state index is 13.0. The standard InChI is InChI=1S/C26H27N3O3S/c1-5-33(31)18-8-6-7-17(12-18)19-13-21(29(3)26(30)16-9-10-16)24(32-4)23-22(19)20-11-15(2)14-27-25(20)28-23/h6-8,11-14,16H,5,9-10H2,1-4H3,(H,27,28). The Kier molecular flexibility index (Phi) is 5.44. The molecule has 0 bridgehead atoms. The Balaban J connectivity index is 1.84. The van der Waals surface area contributed by atoms with Gasteiger partial charge in [0.2, 0.25) is 5.91 Å². The zero-order valence-electron chi connectivity index (χ0n) is 19.3. The molecule has 4 aromatic rings. The minimum absolute atomic E-state index is 0.0844. The maximum atomic E-state index is 13.0. The van der Waals surface area contributed by atoms with Crippen LogP contribution in [0.25, 0.3) is 33.1 Å². The quantitative estimate of drug-likeness (QED) is 0.428. The Morgan fingerprint density at radius 1 is 1.27 bits per heavy atom. The molecule has 7 heteroatoms. The van der Waals surface area contributed by atoms with E-state index in [0.717, 1.165) is 56.4 Å². The monoisotopic (exact) mass is 461 g/mol. The first-order valence-electron chi connectivity index (χ1n) is 11.2. The molecule has 1 atom stereocenters. The highest BCUT2D eigenvalue weighted by molar-refractivity contribution is 7.85. The first-order valence-corrected chi connectivity index (χ1v) is 12.5. The molecule has 6 nitrogen and oxygen atoms in total. The van der Waals surface area contributed by atoms with Crippen LogP contribution in [0.15, 0.2) is 47.5 Å². The lowest BCUT2D eigenvalue weighted by Gasteiger charge is -2.22. The number of amides is 1. The number of aryl methyl sites for hydroxylation is 1. The number of anilines is 1. The summed E-state index contributed by atoms with van der Waals surface area (Å²) in [7, 11) is 2.37. The van der Waals surface area contributed by atoms with Crippen LogP contribution in [0.2, 0.25) is 0 Å². The van der Waals surface area contributed by atoms with Crippen molar-refractivity contribution in [2.45, 2.75) is 31.6 Å². The van der Waals surface area contributed by atoms with Crippen molar-refractivity contribution in [2.24, 2.45) is 5.92 Å². The number of fused-ring (bicyclic) bond motifs is 3. The molecule has 1 unspecified atom stereocenters. The number of aromatic nitrogens is 2. The van der Waals surface area contributed by atoms with E-state index in [1.807, 2.05) is 57.4 Å². The number of aromatic amines is 1. The summed E-state index contributed by atoms with van der Waals surface area (Å²) in [5.41, 5.74) is 5.22. The van der Waals surface area contributed by atoms with Gasteiger partial charge in [-0.25, -0.2) is 4.98 Å². The topological polar surface area (TPSA) is 75.3 Å². The molecule has 0 saturated heterocycles. The Morgan fingerprint density at radius 2 is 2.06 bits per heavy atom. The molecular weight excluding hydrogens is 434 g/mol. The van der Waals surface area contributed by atoms with Crippen molar-refractivity contribution < 1.29 is 13.7 Å². The lowest BCUT2D eigenvalue weighted by molar-refractivity contribution is -0.119. The van der Waals surface area contributed by atoms with E-state index in [1.165, 1.54) is 0 Å². The third-order valence-electron chi connectivity index (χ3n) is 6.29. The lowest BCUT2D eigenvalue weighted by atomic mass is 9.97. The van der Waals surface area contributed by atoms with Crippen LogP contribution in [0, 0.1) is 12.8 Å². The third kappa shape index (κ3) is 3.70. The van der Waals surface area contributed by atoms with E-state index in [4.69, 9.17) is 4.74 Å². The summed E-state index contributed by atoms with van der Waals surface area (Å²) in [5.74, 6) is 1.36. The second kappa shape index (κ2) is 8.30. The summed E-state index contributed by atoms with van der Waals surface area (Å²) < 4.78 is 18.4. The van der Waals surface area contributed by atoms with Crippen LogP contribution < -0.4 is 9.64 Å². The van der Waals surface area contributed by atoms with Crippen LogP contribution in [0.1, 0.15) is 25.3 Å². The van der Waals surface area contributed by atoms with Gasteiger partial charge in [-0.1, -0.05) is 19.1 Å². The van der Waals surface area contributed by atoms with E-state index in [1.54, 1.807) is 12.0 Å². The third-order valence-corrected chi connectivity index (χ3v) is 7.59. The largest absolute Gasteiger partial charge is 0.492 e. The van der Waals surface area contributed by atoms with E-state index in [2.05, 4.69) is 16.0 Å². The van der Waals surface area contributed by atoms with Crippen molar-refractivity contribution in [1.82, 2.24) is 9.97 Å². The number of hydrogen-bond donors (Lipinski definition) is 1. The molecule has 1 aliphatic rings. The van der Waals surface area contributed by atoms with E-state index < -0.39 is 10.8 Å². The number of hydrogen-bond acceptors (Lipinski definition) is 4. The van der Waals surface area contributed by atoms with Crippen LogP contribution in [0.4, 0.5) is 5.69 Å². The number of ether oxygens (including phenoxy) is 1. The van der Waals surface area contributed by atoms with Crippen molar-refractivity contribution in [3.63, 3.8) is 0 Å². The SMILES string of the molecule is CCS(=O)c1cccc(-c2cc(N(C)C(=O)C3CC3)c(OC)c3[nH]c4ncc(C)cc4c23)c1. The van der Waals surface area contributed by atoms with Crippen LogP contribution >= 0.6 is 0 Å². The van der Waals surface area contributed by atoms with Crippen molar-refractivity contribution in [2.75, 3.05) is 24.8 Å². The number of carbonyl (C=O) groups excluding carboxylic acids is 1. The maximum Gasteiger partial charge on any atom is 0.229 e. The Labute approximate surface area is 195 Å². The number of H-pyrrole nitrogens is 1. The van der Waals surface area contributed by atoms with Crippen molar-refractivity contribution in [1.29, 1.82) is 0 Å². The molecule has 1 saturated carbocycles. The zero-order chi connectivity index (χ0) is 23.3. The second-order valence-corrected chi connectivity index (χ2v) is 10.3. The minimum atomic E-state index is -1.06. The molecule has 0 spiro atoms. The Bertz CT molecular complexity index is 1420. The van der Waals surface area contributed by atoms with Crippen molar-refractivity contribution in [3.05, 3.63) is 48.2 Å². The number of rotatable bonds is 6. The van der Waals surface area contributed by atoms with Crippen LogP contribution in [-0.4, -0.2) is 40.0 Å². The fraction of sp³-hybridized carbons (Fsp3) is 0.308. The molecule has 33 heavy (non-hydrogen) atoms. The average Bonchev–Trinajstić information content (AvgIpc) is 3.62. The molecule has 1 aliphatic carbocycles. The lowest BCUT2D eigenvalue weighted by Crippen LogP contribution is -2.28. The van der Waals surface area contributed by atoms with E-state index in [-0.39, 0.29) is 11.8 Å². The molecule has 1 amide bonds. The fourth-order valence-electron chi connectivity index (χ4n) is 4.41. The molecule has 0 aliphatic heterocycles. The molecule has 5 rings (SSSR count). The highest BCUT2D eigenvalue weighted by Gasteiger charge is 2.34. The van der Waals surface area contributed by atoms with Gasteiger partial charge < -0.3 is 14.6 Å². The van der Waals surface area contributed by atoms with Gasteiger partial charge in [0.05, 0.1) is 29.1 Å². The van der Waals surface area contributed by atoms with Crippen LogP contribution in [-0.2, 0) is 15.6 Å². The molecule has 1 fully saturated rings. The van der Waals surface area contributed by atoms with Crippen LogP contribution in [0.5, 0.6) is 5.75 Å². The summed E-state index contributed by atoms with van der Waals surface area (Å²) >= 11 is 0. The van der Waals surface area contributed by atoms with Gasteiger partial charge >= 0.3 is 0 Å². The molecular formula is C26H27N3O3S. The zero-order valence-corrected chi connectivity index (χ0v) is 20.1. The number of benzene rings is 2. The number of methoxy groups -OCH3 is 1. The van der Waals surface area contributed by atoms with Crippen LogP contribution in [0.3, 0.4) is 0 Å². The van der Waals surface area contributed by atoms with Gasteiger partial charge in [-0.3, -0.25) is 9.00 Å². The summed E-state index contributed by atoms with van der Waals surface area (Å²) in [4.78, 5) is 23.5. The van der Waals surface area contributed by atoms with E-state index in [9.17, 15) is 9.00 Å². The van der Waals surface area contributed by atoms with Gasteiger partial charge in [0.15, 0.2) is 5.75 Å². The summed E-state index contributed by atoms with van der Waals surface area (Å²) in [6.07, 6.45) is 3.70. The summed E-state index contributed by atoms with van der Waals surface area (Å²) in [6.45, 7) is 3.93. The number of pyridine rings is 1. The molecule has 1 N–H and O–H groups in total. The number of nitrogens with one attached hydrogen (secondary N) is 1. The normalized spacial score (nSPS) is 14.5. The number of carbonyl (C=O) groups is 1. The van der Waals surface area contributed by atoms with E-state index in [0.29, 0.717) is 17.2 Å². The number of nitrogens with zero attached hydrogens (tertiary/aromatic N) is 2. The molecule has 0 radical (unpaired) electrons. The molecule has 2 aromatic heterocycles. The van der Waals surface area contributed by atoms with Gasteiger partial charge in [0, 0.05) is 40.6 Å². The molecule has 2 heterocycles. The summed E-state index contributed by atoms with van der Waals surface area (Å²) in [6, 6.07) is 12.0. The first-order chi connectivity index (χ1) is 15.9. The highest BCUT2D eigenvalue weighted by Crippen LogP contribution is 2.46. The minimum Gasteiger partial charge on any atom is -0.492 e. The van der Waals surface area contributed by atoms with Gasteiger partial charge in [0.25, 0.3) is 0 Å². The van der Waals surface area contributed by atoms with Gasteiger partial charge in [-0.05, 0) is 60.7 Å². The highest BCUT2D eigenvalue weighted by atomic mass is 32.2. The predicted molar refractivity (Wildman–Crippen MR) is 133 cm³/mol. The summed E-state index contributed by atoms with van der Waals surface area (Å²) in [5, 5.41) is 1.97. The van der Waals surface area contributed by atoms with Crippen molar-refractivity contribution in [3.8, 4) is 16.9 Å². The fourth-order valence-corrected chi connectivity index (χ4v) is 5.23. The Hall–Kier alpha value is -3.19. The van der Waals surface area contributed by atoms with Gasteiger partial charge in [-0.2, -0.15) is 0 Å². The first kappa shape index (κ1) is 21.6. The average molecular weight is 462 g/mol. The van der Waals surface area contributed by atoms with E-state index >= 15 is 0 Å². The van der Waals surface area contributed by atoms with Crippen molar-refractivity contribution >= 4 is 44.3 Å². The molecule has 2 aromatic carbocycles. The Morgan fingerprint density at radius 3 is 2.76 bits per heavy atom.